The van der Waals surface area contributed by atoms with Crippen molar-refractivity contribution in [1.82, 2.24) is 9.84 Å². The van der Waals surface area contributed by atoms with Gasteiger partial charge >= 0.3 is 0 Å². The average Bonchev–Trinajstić information content (AvgIpc) is 2.34. The smallest absolute Gasteiger partial charge is 0.253 e. The normalized spacial score (nSPS) is 11.0. The summed E-state index contributed by atoms with van der Waals surface area (Å²) in [6.45, 7) is -0.309. The number of sulfonamides is 1. The molecule has 0 bridgehead atoms. The highest BCUT2D eigenvalue weighted by Gasteiger charge is 2.16. The van der Waals surface area contributed by atoms with Crippen LogP contribution in [-0.2, 0) is 10.0 Å². The molecule has 1 aromatic rings. The van der Waals surface area contributed by atoms with Gasteiger partial charge in [-0.15, -0.1) is 4.83 Å². The molecule has 0 aliphatic heterocycles. The first-order valence-electron chi connectivity index (χ1n) is 5.38. The van der Waals surface area contributed by atoms with Crippen molar-refractivity contribution < 1.29 is 18.3 Å². The van der Waals surface area contributed by atoms with Gasteiger partial charge in [-0.1, -0.05) is 11.8 Å². The second-order valence-electron chi connectivity index (χ2n) is 3.81. The van der Waals surface area contributed by atoms with E-state index in [2.05, 4.69) is 16.7 Å². The fourth-order valence-electron chi connectivity index (χ4n) is 1.38. The van der Waals surface area contributed by atoms with Gasteiger partial charge in [-0.25, -0.2) is 13.4 Å². The van der Waals surface area contributed by atoms with Gasteiger partial charge in [-0.05, 0) is 18.2 Å². The monoisotopic (exact) mass is 284 g/mol. The van der Waals surface area contributed by atoms with Crippen LogP contribution in [0.2, 0.25) is 0 Å². The Morgan fingerprint density at radius 2 is 2.11 bits per heavy atom. The SMILES string of the molecule is COc1ccc(S(=O)(=O)NN(C)C)cc1C#CCO. The van der Waals surface area contributed by atoms with E-state index in [1.807, 2.05) is 0 Å². The number of ether oxygens (including phenoxy) is 1. The summed E-state index contributed by atoms with van der Waals surface area (Å²) in [6, 6.07) is 4.34. The number of benzene rings is 1. The molecule has 0 amide bonds. The van der Waals surface area contributed by atoms with E-state index in [1.54, 1.807) is 14.1 Å². The summed E-state index contributed by atoms with van der Waals surface area (Å²) >= 11 is 0. The summed E-state index contributed by atoms with van der Waals surface area (Å²) in [5.41, 5.74) is 0.401. The van der Waals surface area contributed by atoms with Crippen molar-refractivity contribution in [1.29, 1.82) is 0 Å². The van der Waals surface area contributed by atoms with Gasteiger partial charge < -0.3 is 9.84 Å². The van der Waals surface area contributed by atoms with Crippen LogP contribution in [0.5, 0.6) is 5.75 Å². The Morgan fingerprint density at radius 1 is 1.42 bits per heavy atom. The molecule has 0 spiro atoms. The van der Waals surface area contributed by atoms with Crippen LogP contribution in [-0.4, -0.2) is 46.3 Å². The Morgan fingerprint density at radius 3 is 2.63 bits per heavy atom. The Balaban J connectivity index is 3.25. The molecule has 19 heavy (non-hydrogen) atoms. The third kappa shape index (κ3) is 4.22. The van der Waals surface area contributed by atoms with Gasteiger partial charge in [-0.3, -0.25) is 0 Å². The molecule has 0 aromatic heterocycles. The van der Waals surface area contributed by atoms with Gasteiger partial charge in [0.05, 0.1) is 17.6 Å². The molecule has 1 aromatic carbocycles. The van der Waals surface area contributed by atoms with Crippen molar-refractivity contribution in [2.75, 3.05) is 27.8 Å². The maximum absolute atomic E-state index is 12.0. The number of nitrogens with one attached hydrogen (secondary N) is 1. The third-order valence-electron chi connectivity index (χ3n) is 2.09. The van der Waals surface area contributed by atoms with Crippen molar-refractivity contribution in [3.05, 3.63) is 23.8 Å². The van der Waals surface area contributed by atoms with Crippen molar-refractivity contribution in [3.8, 4) is 17.6 Å². The molecule has 7 heteroatoms. The van der Waals surface area contributed by atoms with Crippen LogP contribution in [0, 0.1) is 11.8 Å². The molecule has 0 aliphatic rings. The van der Waals surface area contributed by atoms with E-state index in [-0.39, 0.29) is 11.5 Å². The Labute approximate surface area is 113 Å². The number of aliphatic hydroxyl groups excluding tert-OH is 1. The Hall–Kier alpha value is -1.59. The molecule has 2 N–H and O–H groups in total. The van der Waals surface area contributed by atoms with Crippen molar-refractivity contribution >= 4 is 10.0 Å². The number of rotatable bonds is 4. The van der Waals surface area contributed by atoms with Crippen LogP contribution < -0.4 is 9.57 Å². The highest BCUT2D eigenvalue weighted by atomic mass is 32.2. The lowest BCUT2D eigenvalue weighted by atomic mass is 10.2. The number of hydrogen-bond donors (Lipinski definition) is 2. The van der Waals surface area contributed by atoms with E-state index >= 15 is 0 Å². The van der Waals surface area contributed by atoms with Gasteiger partial charge in [0.15, 0.2) is 0 Å². The molecule has 6 nitrogen and oxygen atoms in total. The van der Waals surface area contributed by atoms with Gasteiger partial charge in [0, 0.05) is 14.1 Å². The van der Waals surface area contributed by atoms with Gasteiger partial charge in [0.25, 0.3) is 10.0 Å². The number of hydrazine groups is 1. The summed E-state index contributed by atoms with van der Waals surface area (Å²) in [5.74, 6) is 5.56. The number of nitrogens with zero attached hydrogens (tertiary/aromatic N) is 1. The first-order valence-corrected chi connectivity index (χ1v) is 6.86. The molecule has 0 atom stereocenters. The second kappa shape index (κ2) is 6.54. The van der Waals surface area contributed by atoms with E-state index in [0.717, 1.165) is 0 Å². The molecule has 0 heterocycles. The maximum atomic E-state index is 12.0. The van der Waals surface area contributed by atoms with Gasteiger partial charge in [-0.2, -0.15) is 0 Å². The highest BCUT2D eigenvalue weighted by molar-refractivity contribution is 7.89. The first kappa shape index (κ1) is 15.5. The average molecular weight is 284 g/mol. The van der Waals surface area contributed by atoms with Crippen LogP contribution in [0.3, 0.4) is 0 Å². The predicted octanol–water partition coefficient (Wildman–Crippen LogP) is -0.206. The minimum atomic E-state index is -3.64. The van der Waals surface area contributed by atoms with Gasteiger partial charge in [0.1, 0.15) is 12.4 Å². The number of aliphatic hydroxyl groups is 1. The second-order valence-corrected chi connectivity index (χ2v) is 5.47. The molecule has 0 radical (unpaired) electrons. The van der Waals surface area contributed by atoms with E-state index in [9.17, 15) is 8.42 Å². The van der Waals surface area contributed by atoms with E-state index in [1.165, 1.54) is 30.3 Å². The van der Waals surface area contributed by atoms with E-state index in [0.29, 0.717) is 11.3 Å². The van der Waals surface area contributed by atoms with Crippen LogP contribution in [0.4, 0.5) is 0 Å². The quantitative estimate of drug-likeness (QED) is 0.591. The summed E-state index contributed by atoms with van der Waals surface area (Å²) in [4.78, 5) is 2.40. The molecule has 0 aliphatic carbocycles. The van der Waals surface area contributed by atoms with Crippen LogP contribution >= 0.6 is 0 Å². The number of hydrogen-bond acceptors (Lipinski definition) is 5. The predicted molar refractivity (Wildman–Crippen MR) is 71.0 cm³/mol. The third-order valence-corrected chi connectivity index (χ3v) is 3.57. The zero-order chi connectivity index (χ0) is 14.5. The van der Waals surface area contributed by atoms with Crippen molar-refractivity contribution in [3.63, 3.8) is 0 Å². The molecule has 1 rings (SSSR count). The summed E-state index contributed by atoms with van der Waals surface area (Å²) < 4.78 is 29.0. The fourth-order valence-corrected chi connectivity index (χ4v) is 2.49. The van der Waals surface area contributed by atoms with Gasteiger partial charge in [0.2, 0.25) is 0 Å². The summed E-state index contributed by atoms with van der Waals surface area (Å²) in [5, 5.41) is 10.0. The summed E-state index contributed by atoms with van der Waals surface area (Å²) in [7, 11) is 0.976. The fraction of sp³-hybridized carbons (Fsp3) is 0.333. The van der Waals surface area contributed by atoms with Crippen molar-refractivity contribution in [2.24, 2.45) is 0 Å². The van der Waals surface area contributed by atoms with Crippen molar-refractivity contribution in [2.45, 2.75) is 4.90 Å². The topological polar surface area (TPSA) is 78.9 Å². The highest BCUT2D eigenvalue weighted by Crippen LogP contribution is 2.21. The number of methoxy groups -OCH3 is 1. The zero-order valence-electron chi connectivity index (χ0n) is 11.0. The zero-order valence-corrected chi connectivity index (χ0v) is 11.8. The minimum absolute atomic E-state index is 0.0734. The Kier molecular flexibility index (Phi) is 5.32. The van der Waals surface area contributed by atoms with E-state index in [4.69, 9.17) is 9.84 Å². The molecular formula is C12H16N2O4S. The minimum Gasteiger partial charge on any atom is -0.495 e. The van der Waals surface area contributed by atoms with Crippen LogP contribution in [0.25, 0.3) is 0 Å². The lowest BCUT2D eigenvalue weighted by molar-refractivity contribution is 0.350. The van der Waals surface area contributed by atoms with E-state index < -0.39 is 10.0 Å². The van der Waals surface area contributed by atoms with Crippen LogP contribution in [0.1, 0.15) is 5.56 Å². The Bertz CT molecular complexity index is 600. The summed E-state index contributed by atoms with van der Waals surface area (Å²) in [6.07, 6.45) is 0. The molecule has 104 valence electrons. The standard InChI is InChI=1S/C12H16N2O4S/c1-14(2)13-19(16,17)11-6-7-12(18-3)10(9-11)5-4-8-15/h6-7,9,13,15H,8H2,1-3H3. The molecular weight excluding hydrogens is 268 g/mol. The van der Waals surface area contributed by atoms with Crippen LogP contribution in [0.15, 0.2) is 23.1 Å². The largest absolute Gasteiger partial charge is 0.495 e. The lowest BCUT2D eigenvalue weighted by Crippen LogP contribution is -2.36. The lowest BCUT2D eigenvalue weighted by Gasteiger charge is -2.13. The first-order chi connectivity index (χ1) is 8.90. The molecule has 0 fully saturated rings. The molecule has 0 saturated heterocycles. The maximum Gasteiger partial charge on any atom is 0.253 e. The molecule has 0 unspecified atom stereocenters. The molecule has 0 saturated carbocycles.